The molecule has 0 aliphatic rings. The summed E-state index contributed by atoms with van der Waals surface area (Å²) < 4.78 is 7.51. The van der Waals surface area contributed by atoms with Crippen LogP contribution in [0.15, 0.2) is 48.7 Å². The fourth-order valence-corrected chi connectivity index (χ4v) is 3.51. The SMILES string of the molecule is COc1ccc(Cl)cc1CN(C)C(=O)c1cc(C)n(Cc2ccccn2)c1C. The van der Waals surface area contributed by atoms with Gasteiger partial charge in [0.15, 0.2) is 0 Å². The number of amides is 1. The van der Waals surface area contributed by atoms with Crippen molar-refractivity contribution in [1.29, 1.82) is 0 Å². The summed E-state index contributed by atoms with van der Waals surface area (Å²) in [4.78, 5) is 19.2. The van der Waals surface area contributed by atoms with Gasteiger partial charge in [0, 0.05) is 41.8 Å². The molecule has 0 fully saturated rings. The van der Waals surface area contributed by atoms with Crippen molar-refractivity contribution in [1.82, 2.24) is 14.5 Å². The quantitative estimate of drug-likeness (QED) is 0.616. The number of methoxy groups -OCH3 is 1. The summed E-state index contributed by atoms with van der Waals surface area (Å²) in [6.45, 7) is 5.02. The predicted molar refractivity (Wildman–Crippen MR) is 111 cm³/mol. The molecule has 2 heterocycles. The Morgan fingerprint density at radius 3 is 2.68 bits per heavy atom. The molecule has 3 rings (SSSR count). The zero-order valence-corrected chi connectivity index (χ0v) is 17.3. The Hall–Kier alpha value is -2.79. The second-order valence-corrected chi connectivity index (χ2v) is 7.25. The van der Waals surface area contributed by atoms with Crippen molar-refractivity contribution in [2.24, 2.45) is 0 Å². The van der Waals surface area contributed by atoms with Crippen LogP contribution in [0.5, 0.6) is 5.75 Å². The number of aromatic nitrogens is 2. The van der Waals surface area contributed by atoms with Crippen molar-refractivity contribution < 1.29 is 9.53 Å². The monoisotopic (exact) mass is 397 g/mol. The molecule has 0 saturated carbocycles. The van der Waals surface area contributed by atoms with Crippen molar-refractivity contribution in [3.05, 3.63) is 81.9 Å². The standard InChI is InChI=1S/C22H24ClN3O2/c1-15-11-20(16(2)26(15)14-19-7-5-6-10-24-19)22(27)25(3)13-17-12-18(23)8-9-21(17)28-4/h5-12H,13-14H2,1-4H3. The van der Waals surface area contributed by atoms with Crippen LogP contribution in [0.2, 0.25) is 5.02 Å². The molecule has 28 heavy (non-hydrogen) atoms. The Bertz CT molecular complexity index is 983. The molecule has 0 saturated heterocycles. The van der Waals surface area contributed by atoms with Crippen LogP contribution >= 0.6 is 11.6 Å². The molecule has 0 N–H and O–H groups in total. The number of hydrogen-bond donors (Lipinski definition) is 0. The van der Waals surface area contributed by atoms with Crippen LogP contribution in [0.3, 0.4) is 0 Å². The predicted octanol–water partition coefficient (Wildman–Crippen LogP) is 4.48. The molecule has 0 radical (unpaired) electrons. The normalized spacial score (nSPS) is 10.8. The van der Waals surface area contributed by atoms with Gasteiger partial charge in [-0.05, 0) is 50.2 Å². The molecule has 3 aromatic rings. The van der Waals surface area contributed by atoms with Gasteiger partial charge in [-0.1, -0.05) is 17.7 Å². The minimum absolute atomic E-state index is 0.0394. The van der Waals surface area contributed by atoms with Crippen LogP contribution in [-0.2, 0) is 13.1 Å². The lowest BCUT2D eigenvalue weighted by atomic mass is 10.1. The molecule has 0 aliphatic heterocycles. The Kier molecular flexibility index (Phi) is 6.05. The largest absolute Gasteiger partial charge is 0.496 e. The van der Waals surface area contributed by atoms with Crippen molar-refractivity contribution >= 4 is 17.5 Å². The lowest BCUT2D eigenvalue weighted by Gasteiger charge is -2.19. The van der Waals surface area contributed by atoms with Gasteiger partial charge in [0.1, 0.15) is 5.75 Å². The highest BCUT2D eigenvalue weighted by molar-refractivity contribution is 6.30. The van der Waals surface area contributed by atoms with E-state index in [1.165, 1.54) is 0 Å². The highest BCUT2D eigenvalue weighted by Crippen LogP contribution is 2.25. The smallest absolute Gasteiger partial charge is 0.255 e. The number of halogens is 1. The highest BCUT2D eigenvalue weighted by Gasteiger charge is 2.20. The Morgan fingerprint density at radius 1 is 1.21 bits per heavy atom. The lowest BCUT2D eigenvalue weighted by Crippen LogP contribution is -2.27. The molecule has 5 nitrogen and oxygen atoms in total. The second kappa shape index (κ2) is 8.48. The van der Waals surface area contributed by atoms with Gasteiger partial charge in [0.2, 0.25) is 0 Å². The molecule has 146 valence electrons. The van der Waals surface area contributed by atoms with E-state index < -0.39 is 0 Å². The number of hydrogen-bond acceptors (Lipinski definition) is 3. The van der Waals surface area contributed by atoms with Gasteiger partial charge in [-0.15, -0.1) is 0 Å². The van der Waals surface area contributed by atoms with Crippen LogP contribution in [-0.4, -0.2) is 34.5 Å². The van der Waals surface area contributed by atoms with Gasteiger partial charge >= 0.3 is 0 Å². The average Bonchev–Trinajstić information content (AvgIpc) is 2.96. The zero-order valence-electron chi connectivity index (χ0n) is 16.6. The summed E-state index contributed by atoms with van der Waals surface area (Å²) in [6, 6.07) is 13.2. The van der Waals surface area contributed by atoms with Crippen LogP contribution in [0.1, 0.15) is 33.0 Å². The van der Waals surface area contributed by atoms with Crippen molar-refractivity contribution in [2.75, 3.05) is 14.2 Å². The number of carbonyl (C=O) groups is 1. The number of carbonyl (C=O) groups excluding carboxylic acids is 1. The van der Waals surface area contributed by atoms with E-state index in [-0.39, 0.29) is 5.91 Å². The van der Waals surface area contributed by atoms with E-state index in [1.54, 1.807) is 31.3 Å². The van der Waals surface area contributed by atoms with E-state index in [4.69, 9.17) is 16.3 Å². The minimum Gasteiger partial charge on any atom is -0.496 e. The van der Waals surface area contributed by atoms with E-state index in [2.05, 4.69) is 9.55 Å². The summed E-state index contributed by atoms with van der Waals surface area (Å²) >= 11 is 6.11. The molecule has 1 aromatic carbocycles. The molecule has 1 amide bonds. The van der Waals surface area contributed by atoms with Gasteiger partial charge in [-0.2, -0.15) is 0 Å². The minimum atomic E-state index is -0.0394. The van der Waals surface area contributed by atoms with Crippen LogP contribution < -0.4 is 4.74 Å². The summed E-state index contributed by atoms with van der Waals surface area (Å²) in [5.41, 5.74) is 4.48. The third kappa shape index (κ3) is 4.20. The van der Waals surface area contributed by atoms with Crippen LogP contribution in [0, 0.1) is 13.8 Å². The topological polar surface area (TPSA) is 47.4 Å². The molecule has 6 heteroatoms. The lowest BCUT2D eigenvalue weighted by molar-refractivity contribution is 0.0783. The molecule has 0 bridgehead atoms. The maximum Gasteiger partial charge on any atom is 0.255 e. The number of benzene rings is 1. The van der Waals surface area contributed by atoms with Crippen molar-refractivity contribution in [3.8, 4) is 5.75 Å². The Morgan fingerprint density at radius 2 is 2.00 bits per heavy atom. The Balaban J connectivity index is 1.83. The summed E-state index contributed by atoms with van der Waals surface area (Å²) in [5, 5.41) is 0.616. The third-order valence-electron chi connectivity index (χ3n) is 4.85. The van der Waals surface area contributed by atoms with Gasteiger partial charge in [0.25, 0.3) is 5.91 Å². The Labute approximate surface area is 170 Å². The van der Waals surface area contributed by atoms with Gasteiger partial charge < -0.3 is 14.2 Å². The molecule has 2 aromatic heterocycles. The number of aryl methyl sites for hydroxylation is 1. The molecule has 0 spiro atoms. The van der Waals surface area contributed by atoms with Crippen LogP contribution in [0.4, 0.5) is 0 Å². The molecule has 0 unspecified atom stereocenters. The molecule has 0 atom stereocenters. The van der Waals surface area contributed by atoms with Gasteiger partial charge in [-0.25, -0.2) is 0 Å². The number of nitrogens with zero attached hydrogens (tertiary/aromatic N) is 3. The van der Waals surface area contributed by atoms with Crippen molar-refractivity contribution in [3.63, 3.8) is 0 Å². The highest BCUT2D eigenvalue weighted by atomic mass is 35.5. The van der Waals surface area contributed by atoms with E-state index in [1.807, 2.05) is 50.2 Å². The number of ether oxygens (including phenoxy) is 1. The third-order valence-corrected chi connectivity index (χ3v) is 5.08. The average molecular weight is 398 g/mol. The van der Waals surface area contributed by atoms with Crippen LogP contribution in [0.25, 0.3) is 0 Å². The summed E-state index contributed by atoms with van der Waals surface area (Å²) in [6.07, 6.45) is 1.78. The molecular formula is C22H24ClN3O2. The maximum atomic E-state index is 13.1. The zero-order chi connectivity index (χ0) is 20.3. The van der Waals surface area contributed by atoms with Crippen molar-refractivity contribution in [2.45, 2.75) is 26.9 Å². The number of pyridine rings is 1. The number of rotatable bonds is 6. The van der Waals surface area contributed by atoms with E-state index in [0.29, 0.717) is 29.4 Å². The van der Waals surface area contributed by atoms with E-state index in [9.17, 15) is 4.79 Å². The summed E-state index contributed by atoms with van der Waals surface area (Å²) in [5.74, 6) is 0.673. The van der Waals surface area contributed by atoms with Gasteiger partial charge in [-0.3, -0.25) is 9.78 Å². The van der Waals surface area contributed by atoms with E-state index >= 15 is 0 Å². The fraction of sp³-hybridized carbons (Fsp3) is 0.273. The van der Waals surface area contributed by atoms with E-state index in [0.717, 1.165) is 22.6 Å². The first-order valence-electron chi connectivity index (χ1n) is 9.05. The first kappa shape index (κ1) is 20.0. The van der Waals surface area contributed by atoms with Gasteiger partial charge in [0.05, 0.1) is 24.9 Å². The molecular weight excluding hydrogens is 374 g/mol. The first-order valence-corrected chi connectivity index (χ1v) is 9.43. The maximum absolute atomic E-state index is 13.1. The summed E-state index contributed by atoms with van der Waals surface area (Å²) in [7, 11) is 3.40. The fourth-order valence-electron chi connectivity index (χ4n) is 3.32. The first-order chi connectivity index (χ1) is 13.4. The second-order valence-electron chi connectivity index (χ2n) is 6.81. The molecule has 0 aliphatic carbocycles.